The molecule has 0 aliphatic heterocycles. The SMILES string of the molecule is COc1ccccc1-n1c(C(C)Cl)nc2ccc(F)cc21. The number of fused-ring (bicyclic) bond motifs is 1. The molecule has 1 aromatic heterocycles. The molecule has 0 N–H and O–H groups in total. The van der Waals surface area contributed by atoms with E-state index < -0.39 is 0 Å². The molecule has 1 heterocycles. The Labute approximate surface area is 126 Å². The number of para-hydroxylation sites is 2. The van der Waals surface area contributed by atoms with Crippen molar-refractivity contribution in [3.63, 3.8) is 0 Å². The Balaban J connectivity index is 2.38. The smallest absolute Gasteiger partial charge is 0.142 e. The summed E-state index contributed by atoms with van der Waals surface area (Å²) in [6, 6.07) is 12.0. The van der Waals surface area contributed by atoms with Crippen LogP contribution in [0.3, 0.4) is 0 Å². The van der Waals surface area contributed by atoms with Gasteiger partial charge in [0.2, 0.25) is 0 Å². The molecule has 0 aliphatic carbocycles. The number of benzene rings is 2. The first-order chi connectivity index (χ1) is 10.1. The van der Waals surface area contributed by atoms with Crippen molar-refractivity contribution in [1.29, 1.82) is 0 Å². The van der Waals surface area contributed by atoms with Crippen LogP contribution in [0.1, 0.15) is 18.1 Å². The van der Waals surface area contributed by atoms with Gasteiger partial charge in [-0.2, -0.15) is 0 Å². The molecule has 3 nitrogen and oxygen atoms in total. The highest BCUT2D eigenvalue weighted by atomic mass is 35.5. The molecule has 0 saturated heterocycles. The van der Waals surface area contributed by atoms with Gasteiger partial charge in [-0.3, -0.25) is 4.57 Å². The van der Waals surface area contributed by atoms with E-state index in [1.54, 1.807) is 13.2 Å². The minimum Gasteiger partial charge on any atom is -0.495 e. The van der Waals surface area contributed by atoms with E-state index in [9.17, 15) is 4.39 Å². The van der Waals surface area contributed by atoms with Crippen LogP contribution in [0.2, 0.25) is 0 Å². The summed E-state index contributed by atoms with van der Waals surface area (Å²) in [6.45, 7) is 1.84. The minimum absolute atomic E-state index is 0.313. The van der Waals surface area contributed by atoms with Crippen molar-refractivity contribution >= 4 is 22.6 Å². The van der Waals surface area contributed by atoms with Gasteiger partial charge in [0.05, 0.1) is 29.2 Å². The molecule has 0 bridgehead atoms. The van der Waals surface area contributed by atoms with Crippen LogP contribution >= 0.6 is 11.6 Å². The van der Waals surface area contributed by atoms with Crippen molar-refractivity contribution in [1.82, 2.24) is 9.55 Å². The topological polar surface area (TPSA) is 27.1 Å². The average Bonchev–Trinajstić information content (AvgIpc) is 2.85. The number of halogens is 2. The number of aromatic nitrogens is 2. The first-order valence-electron chi connectivity index (χ1n) is 6.57. The second kappa shape index (κ2) is 5.37. The first-order valence-corrected chi connectivity index (χ1v) is 7.01. The van der Waals surface area contributed by atoms with Crippen LogP contribution in [-0.2, 0) is 0 Å². The average molecular weight is 305 g/mol. The largest absolute Gasteiger partial charge is 0.495 e. The van der Waals surface area contributed by atoms with E-state index in [0.717, 1.165) is 5.69 Å². The summed E-state index contributed by atoms with van der Waals surface area (Å²) in [4.78, 5) is 4.51. The summed E-state index contributed by atoms with van der Waals surface area (Å²) in [6.07, 6.45) is 0. The van der Waals surface area contributed by atoms with Crippen molar-refractivity contribution < 1.29 is 9.13 Å². The number of hydrogen-bond donors (Lipinski definition) is 0. The van der Waals surface area contributed by atoms with Gasteiger partial charge in [0.25, 0.3) is 0 Å². The van der Waals surface area contributed by atoms with Gasteiger partial charge in [-0.05, 0) is 31.2 Å². The van der Waals surface area contributed by atoms with Crippen molar-refractivity contribution in [2.24, 2.45) is 0 Å². The highest BCUT2D eigenvalue weighted by molar-refractivity contribution is 6.20. The van der Waals surface area contributed by atoms with Crippen LogP contribution in [0.4, 0.5) is 4.39 Å². The van der Waals surface area contributed by atoms with Gasteiger partial charge >= 0.3 is 0 Å². The van der Waals surface area contributed by atoms with Crippen LogP contribution in [0, 0.1) is 5.82 Å². The fraction of sp³-hybridized carbons (Fsp3) is 0.188. The molecule has 1 atom stereocenters. The third-order valence-electron chi connectivity index (χ3n) is 3.32. The van der Waals surface area contributed by atoms with Gasteiger partial charge in [0.1, 0.15) is 17.4 Å². The van der Waals surface area contributed by atoms with Gasteiger partial charge in [-0.15, -0.1) is 11.6 Å². The van der Waals surface area contributed by atoms with Crippen LogP contribution in [0.15, 0.2) is 42.5 Å². The molecule has 108 valence electrons. The number of alkyl halides is 1. The summed E-state index contributed by atoms with van der Waals surface area (Å²) < 4.78 is 20.9. The fourth-order valence-corrected chi connectivity index (χ4v) is 2.55. The lowest BCUT2D eigenvalue weighted by molar-refractivity contribution is 0.413. The van der Waals surface area contributed by atoms with Crippen molar-refractivity contribution in [3.8, 4) is 11.4 Å². The molecule has 0 amide bonds. The quantitative estimate of drug-likeness (QED) is 0.667. The Morgan fingerprint density at radius 2 is 2.00 bits per heavy atom. The molecular weight excluding hydrogens is 291 g/mol. The number of methoxy groups -OCH3 is 1. The number of ether oxygens (including phenoxy) is 1. The van der Waals surface area contributed by atoms with E-state index in [2.05, 4.69) is 4.98 Å². The van der Waals surface area contributed by atoms with Crippen molar-refractivity contribution in [2.75, 3.05) is 7.11 Å². The lowest BCUT2D eigenvalue weighted by Gasteiger charge is -2.14. The Bertz CT molecular complexity index is 798. The zero-order chi connectivity index (χ0) is 15.0. The molecule has 21 heavy (non-hydrogen) atoms. The van der Waals surface area contributed by atoms with Gasteiger partial charge in [0, 0.05) is 6.07 Å². The number of nitrogens with zero attached hydrogens (tertiary/aromatic N) is 2. The van der Waals surface area contributed by atoms with Gasteiger partial charge in [-0.1, -0.05) is 12.1 Å². The lowest BCUT2D eigenvalue weighted by Crippen LogP contribution is -2.04. The third-order valence-corrected chi connectivity index (χ3v) is 3.52. The summed E-state index contributed by atoms with van der Waals surface area (Å²) in [5.41, 5.74) is 2.16. The zero-order valence-electron chi connectivity index (χ0n) is 11.7. The van der Waals surface area contributed by atoms with Crippen LogP contribution in [0.5, 0.6) is 5.75 Å². The molecule has 2 aromatic carbocycles. The summed E-state index contributed by atoms with van der Waals surface area (Å²) in [7, 11) is 1.60. The Hall–Kier alpha value is -2.07. The first kappa shape index (κ1) is 13.9. The van der Waals surface area contributed by atoms with Crippen LogP contribution < -0.4 is 4.74 Å². The molecule has 3 rings (SSSR count). The molecule has 0 fully saturated rings. The van der Waals surface area contributed by atoms with Gasteiger partial charge < -0.3 is 4.74 Å². The van der Waals surface area contributed by atoms with E-state index in [-0.39, 0.29) is 11.2 Å². The lowest BCUT2D eigenvalue weighted by atomic mass is 10.2. The van der Waals surface area contributed by atoms with Crippen molar-refractivity contribution in [3.05, 3.63) is 54.1 Å². The minimum atomic E-state index is -0.314. The summed E-state index contributed by atoms with van der Waals surface area (Å²) >= 11 is 6.25. The number of imidazole rings is 1. The molecule has 0 radical (unpaired) electrons. The monoisotopic (exact) mass is 304 g/mol. The molecule has 0 aliphatic rings. The van der Waals surface area contributed by atoms with Gasteiger partial charge in [0.15, 0.2) is 0 Å². The van der Waals surface area contributed by atoms with Crippen molar-refractivity contribution in [2.45, 2.75) is 12.3 Å². The number of rotatable bonds is 3. The molecule has 0 spiro atoms. The Morgan fingerprint density at radius 3 is 2.71 bits per heavy atom. The second-order valence-corrected chi connectivity index (χ2v) is 5.38. The maximum Gasteiger partial charge on any atom is 0.142 e. The van der Waals surface area contributed by atoms with E-state index in [1.807, 2.05) is 35.8 Å². The highest BCUT2D eigenvalue weighted by Gasteiger charge is 2.18. The Morgan fingerprint density at radius 1 is 1.24 bits per heavy atom. The molecule has 3 aromatic rings. The van der Waals surface area contributed by atoms with E-state index in [0.29, 0.717) is 22.6 Å². The van der Waals surface area contributed by atoms with Crippen LogP contribution in [-0.4, -0.2) is 16.7 Å². The van der Waals surface area contributed by atoms with E-state index in [1.165, 1.54) is 12.1 Å². The predicted octanol–water partition coefficient (Wildman–Crippen LogP) is 4.47. The molecule has 1 unspecified atom stereocenters. The Kier molecular flexibility index (Phi) is 3.55. The standard InChI is InChI=1S/C16H14ClFN2O/c1-10(17)16-19-12-8-7-11(18)9-14(12)20(16)13-5-3-4-6-15(13)21-2/h3-10H,1-2H3. The highest BCUT2D eigenvalue weighted by Crippen LogP contribution is 2.32. The normalized spacial score (nSPS) is 12.6. The maximum atomic E-state index is 13.6. The summed E-state index contributed by atoms with van der Waals surface area (Å²) in [5, 5.41) is -0.314. The molecule has 0 saturated carbocycles. The van der Waals surface area contributed by atoms with Crippen LogP contribution in [0.25, 0.3) is 16.7 Å². The fourth-order valence-electron chi connectivity index (χ4n) is 2.40. The number of hydrogen-bond acceptors (Lipinski definition) is 2. The van der Waals surface area contributed by atoms with Gasteiger partial charge in [-0.25, -0.2) is 9.37 Å². The second-order valence-electron chi connectivity index (χ2n) is 4.73. The third kappa shape index (κ3) is 2.36. The van der Waals surface area contributed by atoms with E-state index in [4.69, 9.17) is 16.3 Å². The zero-order valence-corrected chi connectivity index (χ0v) is 12.4. The predicted molar refractivity (Wildman–Crippen MR) is 81.8 cm³/mol. The summed E-state index contributed by atoms with van der Waals surface area (Å²) in [5.74, 6) is 1.02. The maximum absolute atomic E-state index is 13.6. The van der Waals surface area contributed by atoms with E-state index >= 15 is 0 Å². The molecular formula is C16H14ClFN2O. The molecule has 5 heteroatoms.